The minimum atomic E-state index is -3.47. The summed E-state index contributed by atoms with van der Waals surface area (Å²) in [6.07, 6.45) is 1.89. The number of halogens is 1. The zero-order valence-corrected chi connectivity index (χ0v) is 9.25. The molecular formula is C9H8ClNO3S. The van der Waals surface area contributed by atoms with E-state index in [4.69, 9.17) is 15.1 Å². The predicted molar refractivity (Wildman–Crippen MR) is 57.4 cm³/mol. The van der Waals surface area contributed by atoms with Gasteiger partial charge in [-0.2, -0.15) is 0 Å². The van der Waals surface area contributed by atoms with Crippen LogP contribution in [-0.2, 0) is 15.5 Å². The van der Waals surface area contributed by atoms with E-state index in [1.165, 1.54) is 0 Å². The lowest BCUT2D eigenvalue weighted by atomic mass is 10.3. The molecule has 2 aromatic heterocycles. The summed E-state index contributed by atoms with van der Waals surface area (Å²) in [5.41, 5.74) is 0.513. The van der Waals surface area contributed by atoms with Crippen LogP contribution in [0.15, 0.2) is 28.8 Å². The van der Waals surface area contributed by atoms with Crippen LogP contribution in [0.5, 0.6) is 0 Å². The van der Waals surface area contributed by atoms with Gasteiger partial charge in [-0.05, 0) is 18.2 Å². The molecule has 2 rings (SSSR count). The highest BCUT2D eigenvalue weighted by Crippen LogP contribution is 2.17. The Morgan fingerprint density at radius 2 is 2.27 bits per heavy atom. The summed E-state index contributed by atoms with van der Waals surface area (Å²) in [6, 6.07) is 5.41. The van der Waals surface area contributed by atoms with Crippen molar-refractivity contribution in [1.82, 2.24) is 4.98 Å². The predicted octanol–water partition coefficient (Wildman–Crippen LogP) is 1.94. The van der Waals surface area contributed by atoms with Gasteiger partial charge in [-0.3, -0.25) is 0 Å². The molecule has 4 nitrogen and oxygen atoms in total. The summed E-state index contributed by atoms with van der Waals surface area (Å²) < 4.78 is 26.8. The maximum atomic E-state index is 10.7. The van der Waals surface area contributed by atoms with Crippen molar-refractivity contribution in [2.24, 2.45) is 0 Å². The second-order valence-electron chi connectivity index (χ2n) is 3.10. The summed E-state index contributed by atoms with van der Waals surface area (Å²) in [5, 5.41) is 0.861. The van der Waals surface area contributed by atoms with Crippen LogP contribution in [0.3, 0.4) is 0 Å². The van der Waals surface area contributed by atoms with Gasteiger partial charge in [0.1, 0.15) is 5.76 Å². The average Bonchev–Trinajstić information content (AvgIpc) is 2.56. The van der Waals surface area contributed by atoms with Crippen molar-refractivity contribution in [3.05, 3.63) is 30.2 Å². The first-order chi connectivity index (χ1) is 7.04. The standard InChI is InChI=1S/C9H8ClNO3S/c10-15(12,13)5-3-8-6-7-2-1-4-11-9(7)14-8/h1-2,4,6H,3,5H2. The highest BCUT2D eigenvalue weighted by Gasteiger charge is 2.09. The number of hydrogen-bond donors (Lipinski definition) is 0. The van der Waals surface area contributed by atoms with E-state index < -0.39 is 9.05 Å². The number of aromatic nitrogens is 1. The number of hydrogen-bond acceptors (Lipinski definition) is 4. The summed E-state index contributed by atoms with van der Waals surface area (Å²) in [4.78, 5) is 4.00. The summed E-state index contributed by atoms with van der Waals surface area (Å²) in [6.45, 7) is 0. The van der Waals surface area contributed by atoms with Crippen LogP contribution in [0, 0.1) is 0 Å². The molecule has 0 aromatic carbocycles. The molecule has 80 valence electrons. The fourth-order valence-corrected chi connectivity index (χ4v) is 1.95. The van der Waals surface area contributed by atoms with E-state index in [1.807, 2.05) is 6.07 Å². The zero-order chi connectivity index (χ0) is 10.9. The third-order valence-corrected chi connectivity index (χ3v) is 3.09. The molecule has 2 aromatic rings. The molecule has 0 aliphatic carbocycles. The molecule has 0 fully saturated rings. The molecule has 15 heavy (non-hydrogen) atoms. The van der Waals surface area contributed by atoms with E-state index in [0.717, 1.165) is 5.39 Å². The molecule has 2 heterocycles. The third-order valence-electron chi connectivity index (χ3n) is 1.94. The second-order valence-corrected chi connectivity index (χ2v) is 6.00. The molecule has 0 unspecified atom stereocenters. The Hall–Kier alpha value is -1.07. The molecule has 0 spiro atoms. The van der Waals surface area contributed by atoms with Gasteiger partial charge < -0.3 is 4.42 Å². The average molecular weight is 246 g/mol. The fourth-order valence-electron chi connectivity index (χ4n) is 1.27. The van der Waals surface area contributed by atoms with Gasteiger partial charge in [-0.25, -0.2) is 13.4 Å². The third kappa shape index (κ3) is 2.70. The normalized spacial score (nSPS) is 12.1. The van der Waals surface area contributed by atoms with Crippen LogP contribution in [0.25, 0.3) is 11.1 Å². The van der Waals surface area contributed by atoms with Gasteiger partial charge in [0.15, 0.2) is 0 Å². The molecule has 0 bridgehead atoms. The van der Waals surface area contributed by atoms with Crippen LogP contribution >= 0.6 is 10.7 Å². The Morgan fingerprint density at radius 3 is 2.93 bits per heavy atom. The van der Waals surface area contributed by atoms with E-state index in [-0.39, 0.29) is 12.2 Å². The zero-order valence-electron chi connectivity index (χ0n) is 7.68. The number of fused-ring (bicyclic) bond motifs is 1. The van der Waals surface area contributed by atoms with Gasteiger partial charge in [0.05, 0.1) is 5.75 Å². The Morgan fingerprint density at radius 1 is 1.47 bits per heavy atom. The van der Waals surface area contributed by atoms with E-state index in [9.17, 15) is 8.42 Å². The molecule has 0 atom stereocenters. The molecule has 0 aliphatic rings. The first kappa shape index (κ1) is 10.4. The van der Waals surface area contributed by atoms with Gasteiger partial charge in [0.2, 0.25) is 14.8 Å². The molecular weight excluding hydrogens is 238 g/mol. The van der Waals surface area contributed by atoms with Gasteiger partial charge in [-0.15, -0.1) is 0 Å². The number of rotatable bonds is 3. The lowest BCUT2D eigenvalue weighted by molar-refractivity contribution is 0.544. The minimum absolute atomic E-state index is 0.131. The molecule has 0 N–H and O–H groups in total. The monoisotopic (exact) mass is 245 g/mol. The Labute approximate surface area is 91.3 Å². The molecule has 6 heteroatoms. The minimum Gasteiger partial charge on any atom is -0.443 e. The van der Waals surface area contributed by atoms with E-state index in [0.29, 0.717) is 11.5 Å². The van der Waals surface area contributed by atoms with Crippen molar-refractivity contribution in [1.29, 1.82) is 0 Å². The second kappa shape index (κ2) is 3.83. The van der Waals surface area contributed by atoms with Crippen molar-refractivity contribution in [2.75, 3.05) is 5.75 Å². The molecule has 0 saturated carbocycles. The smallest absolute Gasteiger partial charge is 0.233 e. The molecule has 0 aliphatic heterocycles. The summed E-state index contributed by atoms with van der Waals surface area (Å²) in [5.74, 6) is 0.446. The summed E-state index contributed by atoms with van der Waals surface area (Å²) >= 11 is 0. The Kier molecular flexibility index (Phi) is 2.67. The summed E-state index contributed by atoms with van der Waals surface area (Å²) in [7, 11) is 1.63. The maximum absolute atomic E-state index is 10.7. The number of furan rings is 1. The lowest BCUT2D eigenvalue weighted by Crippen LogP contribution is -1.99. The topological polar surface area (TPSA) is 60.2 Å². The van der Waals surface area contributed by atoms with Crippen molar-refractivity contribution in [3.63, 3.8) is 0 Å². The molecule has 0 amide bonds. The SMILES string of the molecule is O=S(=O)(Cl)CCc1cc2cccnc2o1. The maximum Gasteiger partial charge on any atom is 0.233 e. The molecule has 0 saturated heterocycles. The highest BCUT2D eigenvalue weighted by molar-refractivity contribution is 8.13. The van der Waals surface area contributed by atoms with Crippen LogP contribution in [0.2, 0.25) is 0 Å². The fraction of sp³-hybridized carbons (Fsp3) is 0.222. The van der Waals surface area contributed by atoms with Gasteiger partial charge in [0, 0.05) is 28.7 Å². The van der Waals surface area contributed by atoms with Gasteiger partial charge in [0.25, 0.3) is 0 Å². The van der Waals surface area contributed by atoms with Crippen molar-refractivity contribution in [2.45, 2.75) is 6.42 Å². The van der Waals surface area contributed by atoms with Crippen molar-refractivity contribution in [3.8, 4) is 0 Å². The number of nitrogens with zero attached hydrogens (tertiary/aromatic N) is 1. The highest BCUT2D eigenvalue weighted by atomic mass is 35.7. The first-order valence-electron chi connectivity index (χ1n) is 4.30. The Bertz CT molecular complexity index is 543. The number of aryl methyl sites for hydroxylation is 1. The van der Waals surface area contributed by atoms with Crippen molar-refractivity contribution >= 4 is 30.8 Å². The van der Waals surface area contributed by atoms with Crippen molar-refractivity contribution < 1.29 is 12.8 Å². The Balaban J connectivity index is 2.23. The van der Waals surface area contributed by atoms with Gasteiger partial charge >= 0.3 is 0 Å². The first-order valence-corrected chi connectivity index (χ1v) is 6.78. The lowest BCUT2D eigenvalue weighted by Gasteiger charge is -1.91. The number of pyridine rings is 1. The van der Waals surface area contributed by atoms with E-state index in [2.05, 4.69) is 4.98 Å². The van der Waals surface area contributed by atoms with Crippen LogP contribution in [0.1, 0.15) is 5.76 Å². The van der Waals surface area contributed by atoms with Crippen LogP contribution < -0.4 is 0 Å². The van der Waals surface area contributed by atoms with E-state index >= 15 is 0 Å². The van der Waals surface area contributed by atoms with Crippen LogP contribution in [0.4, 0.5) is 0 Å². The quantitative estimate of drug-likeness (QED) is 0.776. The van der Waals surface area contributed by atoms with Gasteiger partial charge in [-0.1, -0.05) is 0 Å². The largest absolute Gasteiger partial charge is 0.443 e. The molecule has 0 radical (unpaired) electrons. The van der Waals surface area contributed by atoms with E-state index in [1.54, 1.807) is 18.3 Å². The van der Waals surface area contributed by atoms with Crippen LogP contribution in [-0.4, -0.2) is 19.2 Å².